The van der Waals surface area contributed by atoms with Crippen LogP contribution in [-0.4, -0.2) is 33.1 Å². The van der Waals surface area contributed by atoms with Crippen molar-refractivity contribution < 1.29 is 9.53 Å². The molecule has 2 rings (SSSR count). The second kappa shape index (κ2) is 6.02. The Kier molecular flexibility index (Phi) is 4.16. The highest BCUT2D eigenvalue weighted by atomic mass is 32.1. The molecule has 0 saturated heterocycles. The molecule has 0 unspecified atom stereocenters. The van der Waals surface area contributed by atoms with Gasteiger partial charge >= 0.3 is 0 Å². The molecule has 7 nitrogen and oxygen atoms in total. The number of anilines is 1. The maximum atomic E-state index is 12.4. The monoisotopic (exact) mass is 289 g/mol. The third kappa shape index (κ3) is 2.86. The van der Waals surface area contributed by atoms with Crippen LogP contribution in [0.5, 0.6) is 5.88 Å². The minimum Gasteiger partial charge on any atom is -0.481 e. The number of hydrogen-bond acceptors (Lipinski definition) is 6. The van der Waals surface area contributed by atoms with E-state index < -0.39 is 5.91 Å². The molecule has 20 heavy (non-hydrogen) atoms. The van der Waals surface area contributed by atoms with E-state index in [2.05, 4.69) is 15.0 Å². The number of hydrogen-bond donors (Lipinski definition) is 1. The largest absolute Gasteiger partial charge is 0.481 e. The summed E-state index contributed by atoms with van der Waals surface area (Å²) in [6.07, 6.45) is 4.45. The lowest BCUT2D eigenvalue weighted by Gasteiger charge is -2.18. The lowest BCUT2D eigenvalue weighted by Crippen LogP contribution is -2.41. The van der Waals surface area contributed by atoms with Gasteiger partial charge in [0.05, 0.1) is 7.11 Å². The molecule has 0 aliphatic heterocycles. The molecular weight excluding hydrogens is 278 g/mol. The molecule has 8 heteroatoms. The molecule has 1 amide bonds. The van der Waals surface area contributed by atoms with Gasteiger partial charge in [-0.3, -0.25) is 9.78 Å². The van der Waals surface area contributed by atoms with Crippen LogP contribution in [0, 0.1) is 0 Å². The van der Waals surface area contributed by atoms with Gasteiger partial charge in [-0.15, -0.1) is 0 Å². The van der Waals surface area contributed by atoms with Gasteiger partial charge in [0, 0.05) is 30.2 Å². The second-order valence-electron chi connectivity index (χ2n) is 3.61. The number of methoxy groups -OCH3 is 1. The summed E-state index contributed by atoms with van der Waals surface area (Å²) < 4.78 is 4.99. The number of carbonyl (C=O) groups excluding carboxylic acids is 1. The van der Waals surface area contributed by atoms with E-state index in [0.717, 1.165) is 4.90 Å². The van der Waals surface area contributed by atoms with Gasteiger partial charge in [0.2, 0.25) is 11.8 Å². The number of thiocarbonyl (C=S) groups is 1. The van der Waals surface area contributed by atoms with Crippen LogP contribution in [0.1, 0.15) is 10.4 Å². The van der Waals surface area contributed by atoms with Gasteiger partial charge < -0.3 is 10.5 Å². The first-order chi connectivity index (χ1) is 9.63. The first kappa shape index (κ1) is 13.8. The number of amides is 1. The van der Waals surface area contributed by atoms with Crippen molar-refractivity contribution >= 4 is 29.2 Å². The quantitative estimate of drug-likeness (QED) is 0.834. The summed E-state index contributed by atoms with van der Waals surface area (Å²) in [5.41, 5.74) is 5.97. The Morgan fingerprint density at radius 2 is 2.00 bits per heavy atom. The van der Waals surface area contributed by atoms with Gasteiger partial charge in [0.1, 0.15) is 0 Å². The standard InChI is InChI=1S/C12H11N5O2S/c1-19-9-4-7-15-12(16-9)17(11(13)20)10(18)8-2-5-14-6-3-8/h2-7H,1H3,(H2,13,20). The molecule has 0 atom stereocenters. The van der Waals surface area contributed by atoms with Crippen molar-refractivity contribution in [3.63, 3.8) is 0 Å². The van der Waals surface area contributed by atoms with Crippen LogP contribution < -0.4 is 15.4 Å². The molecule has 0 aliphatic carbocycles. The fourth-order valence-corrected chi connectivity index (χ4v) is 1.63. The predicted molar refractivity (Wildman–Crippen MR) is 76.4 cm³/mol. The van der Waals surface area contributed by atoms with Crippen molar-refractivity contribution in [3.05, 3.63) is 42.4 Å². The number of nitrogens with zero attached hydrogens (tertiary/aromatic N) is 4. The Labute approximate surface area is 120 Å². The Morgan fingerprint density at radius 1 is 1.30 bits per heavy atom. The van der Waals surface area contributed by atoms with Gasteiger partial charge in [-0.1, -0.05) is 0 Å². The zero-order valence-corrected chi connectivity index (χ0v) is 11.4. The zero-order chi connectivity index (χ0) is 14.5. The van der Waals surface area contributed by atoms with Crippen molar-refractivity contribution in [1.82, 2.24) is 15.0 Å². The number of aromatic nitrogens is 3. The number of nitrogens with two attached hydrogens (primary N) is 1. The molecule has 0 saturated carbocycles. The van der Waals surface area contributed by atoms with E-state index in [1.165, 1.54) is 25.7 Å². The highest BCUT2D eigenvalue weighted by Gasteiger charge is 2.23. The SMILES string of the molecule is COc1ccnc(N(C(=O)c2ccncc2)C(N)=S)n1. The third-order valence-corrected chi connectivity index (χ3v) is 2.56. The summed E-state index contributed by atoms with van der Waals surface area (Å²) in [7, 11) is 1.46. The van der Waals surface area contributed by atoms with Crippen LogP contribution in [0.2, 0.25) is 0 Å². The third-order valence-electron chi connectivity index (χ3n) is 2.38. The highest BCUT2D eigenvalue weighted by molar-refractivity contribution is 7.80. The number of ether oxygens (including phenoxy) is 1. The van der Waals surface area contributed by atoms with Gasteiger partial charge in [-0.25, -0.2) is 9.88 Å². The maximum absolute atomic E-state index is 12.4. The molecule has 0 bridgehead atoms. The van der Waals surface area contributed by atoms with Gasteiger partial charge in [0.15, 0.2) is 5.11 Å². The number of rotatable bonds is 3. The Morgan fingerprint density at radius 3 is 2.60 bits per heavy atom. The van der Waals surface area contributed by atoms with E-state index in [1.807, 2.05) is 0 Å². The molecule has 0 radical (unpaired) electrons. The van der Waals surface area contributed by atoms with Crippen molar-refractivity contribution in [3.8, 4) is 5.88 Å². The van der Waals surface area contributed by atoms with E-state index in [-0.39, 0.29) is 11.1 Å². The molecule has 0 aromatic carbocycles. The number of carbonyl (C=O) groups is 1. The molecule has 2 N–H and O–H groups in total. The molecule has 0 aliphatic rings. The summed E-state index contributed by atoms with van der Waals surface area (Å²) in [6, 6.07) is 4.65. The van der Waals surface area contributed by atoms with Crippen LogP contribution in [0.15, 0.2) is 36.8 Å². The van der Waals surface area contributed by atoms with Gasteiger partial charge in [-0.05, 0) is 24.4 Å². The normalized spacial score (nSPS) is 9.85. The van der Waals surface area contributed by atoms with Crippen molar-refractivity contribution in [2.45, 2.75) is 0 Å². The molecule has 2 aromatic heterocycles. The average Bonchev–Trinajstić information content (AvgIpc) is 2.48. The summed E-state index contributed by atoms with van der Waals surface area (Å²) >= 11 is 4.90. The fourth-order valence-electron chi connectivity index (χ4n) is 1.47. The maximum Gasteiger partial charge on any atom is 0.267 e. The molecule has 0 fully saturated rings. The van der Waals surface area contributed by atoms with Crippen LogP contribution >= 0.6 is 12.2 Å². The van der Waals surface area contributed by atoms with Crippen molar-refractivity contribution in [2.24, 2.45) is 5.73 Å². The Bertz CT molecular complexity index is 635. The highest BCUT2D eigenvalue weighted by Crippen LogP contribution is 2.15. The van der Waals surface area contributed by atoms with Crippen LogP contribution in [0.4, 0.5) is 5.95 Å². The fraction of sp³-hybridized carbons (Fsp3) is 0.0833. The van der Waals surface area contributed by atoms with E-state index in [0.29, 0.717) is 11.4 Å². The van der Waals surface area contributed by atoms with Crippen LogP contribution in [0.3, 0.4) is 0 Å². The first-order valence-electron chi connectivity index (χ1n) is 5.54. The minimum absolute atomic E-state index is 0.0543. The topological polar surface area (TPSA) is 94.2 Å². The predicted octanol–water partition coefficient (Wildman–Crippen LogP) is 0.771. The summed E-state index contributed by atoms with van der Waals surface area (Å²) in [6.45, 7) is 0. The molecule has 0 spiro atoms. The summed E-state index contributed by atoms with van der Waals surface area (Å²) in [5.74, 6) is -0.0782. The molecular formula is C12H11N5O2S. The summed E-state index contributed by atoms with van der Waals surface area (Å²) in [5, 5.41) is -0.153. The van der Waals surface area contributed by atoms with E-state index in [1.54, 1.807) is 18.2 Å². The zero-order valence-electron chi connectivity index (χ0n) is 10.6. The smallest absolute Gasteiger partial charge is 0.267 e. The van der Waals surface area contributed by atoms with E-state index >= 15 is 0 Å². The molecule has 102 valence electrons. The summed E-state index contributed by atoms with van der Waals surface area (Å²) in [4.78, 5) is 25.3. The molecule has 2 heterocycles. The minimum atomic E-state index is -0.437. The molecule has 2 aromatic rings. The van der Waals surface area contributed by atoms with E-state index in [4.69, 9.17) is 22.7 Å². The number of pyridine rings is 1. The lowest BCUT2D eigenvalue weighted by atomic mass is 10.2. The Balaban J connectivity index is 2.41. The first-order valence-corrected chi connectivity index (χ1v) is 5.95. The van der Waals surface area contributed by atoms with Gasteiger partial charge in [0.25, 0.3) is 5.91 Å². The second-order valence-corrected chi connectivity index (χ2v) is 4.03. The lowest BCUT2D eigenvalue weighted by molar-refractivity contribution is 0.100. The average molecular weight is 289 g/mol. The van der Waals surface area contributed by atoms with Gasteiger partial charge in [-0.2, -0.15) is 4.98 Å². The van der Waals surface area contributed by atoms with Crippen molar-refractivity contribution in [1.29, 1.82) is 0 Å². The van der Waals surface area contributed by atoms with E-state index in [9.17, 15) is 4.79 Å². The van der Waals surface area contributed by atoms with Crippen molar-refractivity contribution in [2.75, 3.05) is 12.0 Å². The van der Waals surface area contributed by atoms with Crippen LogP contribution in [0.25, 0.3) is 0 Å². The van der Waals surface area contributed by atoms with Crippen LogP contribution in [-0.2, 0) is 0 Å². The Hall–Kier alpha value is -2.61.